The number of nitrogens with two attached hydrogens (primary N) is 1. The average molecular weight is 285 g/mol. The minimum absolute atomic E-state index is 0.0255. The van der Waals surface area contributed by atoms with Gasteiger partial charge in [0.1, 0.15) is 5.75 Å². The van der Waals surface area contributed by atoms with E-state index in [2.05, 4.69) is 5.32 Å². The number of ether oxygens (including phenoxy) is 1. The van der Waals surface area contributed by atoms with Gasteiger partial charge in [0.2, 0.25) is 0 Å². The van der Waals surface area contributed by atoms with E-state index in [1.165, 1.54) is 0 Å². The van der Waals surface area contributed by atoms with E-state index >= 15 is 0 Å². The van der Waals surface area contributed by atoms with Crippen molar-refractivity contribution in [2.75, 3.05) is 7.05 Å². The fourth-order valence-corrected chi connectivity index (χ4v) is 1.94. The Labute approximate surface area is 119 Å². The summed E-state index contributed by atoms with van der Waals surface area (Å²) in [5, 5.41) is 3.17. The van der Waals surface area contributed by atoms with Crippen LogP contribution in [0.15, 0.2) is 18.2 Å². The van der Waals surface area contributed by atoms with Gasteiger partial charge in [-0.1, -0.05) is 24.6 Å². The van der Waals surface area contributed by atoms with Gasteiger partial charge in [0.05, 0.1) is 0 Å². The predicted octanol–water partition coefficient (Wildman–Crippen LogP) is 2.13. The molecule has 2 atom stereocenters. The minimum Gasteiger partial charge on any atom is -0.481 e. The Hall–Kier alpha value is -1.26. The van der Waals surface area contributed by atoms with Crippen molar-refractivity contribution >= 4 is 17.5 Å². The number of carbonyl (C=O) groups excluding carboxylic acids is 1. The van der Waals surface area contributed by atoms with Crippen LogP contribution in [0.25, 0.3) is 0 Å². The van der Waals surface area contributed by atoms with E-state index in [1.54, 1.807) is 26.1 Å². The molecule has 0 aliphatic carbocycles. The molecule has 0 saturated heterocycles. The number of nitrogens with one attached hydrogen (secondary N) is 1. The van der Waals surface area contributed by atoms with Crippen LogP contribution in [-0.2, 0) is 11.2 Å². The van der Waals surface area contributed by atoms with Gasteiger partial charge in [-0.3, -0.25) is 4.79 Å². The summed E-state index contributed by atoms with van der Waals surface area (Å²) in [6.45, 7) is 3.72. The van der Waals surface area contributed by atoms with E-state index in [0.29, 0.717) is 17.2 Å². The largest absolute Gasteiger partial charge is 0.481 e. The van der Waals surface area contributed by atoms with Gasteiger partial charge in [0, 0.05) is 23.7 Å². The number of benzene rings is 1. The van der Waals surface area contributed by atoms with Gasteiger partial charge in [-0.15, -0.1) is 0 Å². The summed E-state index contributed by atoms with van der Waals surface area (Å²) in [5.74, 6) is 0.443. The summed E-state index contributed by atoms with van der Waals surface area (Å²) in [7, 11) is 1.58. The van der Waals surface area contributed by atoms with Gasteiger partial charge in [0.15, 0.2) is 6.10 Å². The summed E-state index contributed by atoms with van der Waals surface area (Å²) in [6, 6.07) is 5.44. The Balaban J connectivity index is 2.93. The second-order valence-corrected chi connectivity index (χ2v) is 4.87. The SMILES string of the molecule is CCC(N)Cc1c(Cl)cccc1OC(C)C(=O)NC. The number of hydrogen-bond acceptors (Lipinski definition) is 3. The first kappa shape index (κ1) is 15.8. The number of amides is 1. The summed E-state index contributed by atoms with van der Waals surface area (Å²) in [5.41, 5.74) is 6.82. The third-order valence-corrected chi connectivity index (χ3v) is 3.34. The van der Waals surface area contributed by atoms with Crippen molar-refractivity contribution in [2.24, 2.45) is 5.73 Å². The van der Waals surface area contributed by atoms with E-state index in [4.69, 9.17) is 22.1 Å². The lowest BCUT2D eigenvalue weighted by Crippen LogP contribution is -2.34. The van der Waals surface area contributed by atoms with Crippen LogP contribution in [0.3, 0.4) is 0 Å². The number of likely N-dealkylation sites (N-methyl/N-ethyl adjacent to an activating group) is 1. The first-order chi connectivity index (χ1) is 8.99. The first-order valence-electron chi connectivity index (χ1n) is 6.40. The molecule has 4 nitrogen and oxygen atoms in total. The van der Waals surface area contributed by atoms with Crippen LogP contribution < -0.4 is 15.8 Å². The molecule has 0 radical (unpaired) electrons. The molecule has 0 saturated carbocycles. The van der Waals surface area contributed by atoms with Crippen molar-refractivity contribution in [1.82, 2.24) is 5.32 Å². The molecule has 106 valence electrons. The first-order valence-corrected chi connectivity index (χ1v) is 6.78. The highest BCUT2D eigenvalue weighted by molar-refractivity contribution is 6.31. The van der Waals surface area contributed by atoms with Crippen molar-refractivity contribution < 1.29 is 9.53 Å². The highest BCUT2D eigenvalue weighted by atomic mass is 35.5. The van der Waals surface area contributed by atoms with Gasteiger partial charge in [-0.2, -0.15) is 0 Å². The van der Waals surface area contributed by atoms with Crippen LogP contribution in [-0.4, -0.2) is 25.1 Å². The van der Waals surface area contributed by atoms with E-state index in [-0.39, 0.29) is 11.9 Å². The molecule has 1 amide bonds. The van der Waals surface area contributed by atoms with E-state index in [9.17, 15) is 4.79 Å². The number of rotatable bonds is 6. The van der Waals surface area contributed by atoms with Crippen LogP contribution in [0.2, 0.25) is 5.02 Å². The quantitative estimate of drug-likeness (QED) is 0.841. The van der Waals surface area contributed by atoms with E-state index in [0.717, 1.165) is 12.0 Å². The molecule has 19 heavy (non-hydrogen) atoms. The van der Waals surface area contributed by atoms with Crippen molar-refractivity contribution in [3.8, 4) is 5.75 Å². The molecule has 0 fully saturated rings. The van der Waals surface area contributed by atoms with Crippen LogP contribution in [0.5, 0.6) is 5.75 Å². The minimum atomic E-state index is -0.569. The molecule has 0 aliphatic heterocycles. The highest BCUT2D eigenvalue weighted by Crippen LogP contribution is 2.28. The summed E-state index contributed by atoms with van der Waals surface area (Å²) < 4.78 is 5.67. The maximum absolute atomic E-state index is 11.5. The van der Waals surface area contributed by atoms with E-state index in [1.807, 2.05) is 13.0 Å². The van der Waals surface area contributed by atoms with E-state index < -0.39 is 6.10 Å². The monoisotopic (exact) mass is 284 g/mol. The number of halogens is 1. The van der Waals surface area contributed by atoms with Crippen LogP contribution in [0.1, 0.15) is 25.8 Å². The Kier molecular flexibility index (Phi) is 6.12. The Morgan fingerprint density at radius 2 is 2.21 bits per heavy atom. The molecule has 1 aromatic carbocycles. The molecule has 0 heterocycles. The normalized spacial score (nSPS) is 13.7. The summed E-state index contributed by atoms with van der Waals surface area (Å²) >= 11 is 6.19. The third-order valence-electron chi connectivity index (χ3n) is 2.99. The Morgan fingerprint density at radius 1 is 1.53 bits per heavy atom. The second kappa shape index (κ2) is 7.36. The number of hydrogen-bond donors (Lipinski definition) is 2. The topological polar surface area (TPSA) is 64.3 Å². The standard InChI is InChI=1S/C14H21ClN2O2/c1-4-10(16)8-11-12(15)6-5-7-13(11)19-9(2)14(18)17-3/h5-7,9-10H,4,8,16H2,1-3H3,(H,17,18). The van der Waals surface area contributed by atoms with Crippen LogP contribution in [0, 0.1) is 0 Å². The predicted molar refractivity (Wildman–Crippen MR) is 77.6 cm³/mol. The molecule has 0 spiro atoms. The zero-order valence-electron chi connectivity index (χ0n) is 11.6. The molecule has 5 heteroatoms. The number of carbonyl (C=O) groups is 1. The zero-order chi connectivity index (χ0) is 14.4. The van der Waals surface area contributed by atoms with Crippen LogP contribution in [0.4, 0.5) is 0 Å². The van der Waals surface area contributed by atoms with Crippen LogP contribution >= 0.6 is 11.6 Å². The van der Waals surface area contributed by atoms with Crippen molar-refractivity contribution in [1.29, 1.82) is 0 Å². The zero-order valence-corrected chi connectivity index (χ0v) is 12.3. The van der Waals surface area contributed by atoms with Gasteiger partial charge in [-0.25, -0.2) is 0 Å². The van der Waals surface area contributed by atoms with Gasteiger partial charge >= 0.3 is 0 Å². The summed E-state index contributed by atoms with van der Waals surface area (Å²) in [4.78, 5) is 11.5. The molecular weight excluding hydrogens is 264 g/mol. The van der Waals surface area contributed by atoms with Gasteiger partial charge in [-0.05, 0) is 31.9 Å². The lowest BCUT2D eigenvalue weighted by Gasteiger charge is -2.18. The molecule has 2 unspecified atom stereocenters. The molecule has 1 aromatic rings. The van der Waals surface area contributed by atoms with Crippen molar-refractivity contribution in [2.45, 2.75) is 38.8 Å². The molecule has 0 aromatic heterocycles. The second-order valence-electron chi connectivity index (χ2n) is 4.46. The Bertz CT molecular complexity index is 437. The molecule has 0 bridgehead atoms. The lowest BCUT2D eigenvalue weighted by atomic mass is 10.0. The Morgan fingerprint density at radius 3 is 2.79 bits per heavy atom. The molecule has 0 aliphatic rings. The molecule has 1 rings (SSSR count). The molecule has 3 N–H and O–H groups in total. The van der Waals surface area contributed by atoms with Gasteiger partial charge in [0.25, 0.3) is 5.91 Å². The smallest absolute Gasteiger partial charge is 0.260 e. The molecular formula is C14H21ClN2O2. The van der Waals surface area contributed by atoms with Crippen molar-refractivity contribution in [3.63, 3.8) is 0 Å². The fourth-order valence-electron chi connectivity index (χ4n) is 1.70. The van der Waals surface area contributed by atoms with Crippen molar-refractivity contribution in [3.05, 3.63) is 28.8 Å². The van der Waals surface area contributed by atoms with Gasteiger partial charge < -0.3 is 15.8 Å². The average Bonchev–Trinajstić information content (AvgIpc) is 2.41. The summed E-state index contributed by atoms with van der Waals surface area (Å²) in [6.07, 6.45) is 0.918. The highest BCUT2D eigenvalue weighted by Gasteiger charge is 2.17. The maximum Gasteiger partial charge on any atom is 0.260 e. The lowest BCUT2D eigenvalue weighted by molar-refractivity contribution is -0.126. The third kappa shape index (κ3) is 4.40. The maximum atomic E-state index is 11.5. The fraction of sp³-hybridized carbons (Fsp3) is 0.500.